The van der Waals surface area contributed by atoms with Crippen LogP contribution in [0.5, 0.6) is 0 Å². The van der Waals surface area contributed by atoms with Crippen LogP contribution in [0, 0.1) is 13.8 Å². The van der Waals surface area contributed by atoms with Crippen molar-refractivity contribution in [3.05, 3.63) is 64.2 Å². The number of sulfonamides is 1. The first kappa shape index (κ1) is 19.9. The van der Waals surface area contributed by atoms with E-state index in [0.29, 0.717) is 41.4 Å². The Labute approximate surface area is 165 Å². The van der Waals surface area contributed by atoms with Crippen LogP contribution in [-0.2, 0) is 10.0 Å². The van der Waals surface area contributed by atoms with Crippen LogP contribution in [0.2, 0.25) is 5.02 Å². The number of benzene rings is 2. The molecule has 0 atom stereocenters. The molecular weight excluding hydrogens is 384 g/mol. The summed E-state index contributed by atoms with van der Waals surface area (Å²) in [6, 6.07) is 12.0. The number of halogens is 1. The summed E-state index contributed by atoms with van der Waals surface area (Å²) in [6.07, 6.45) is 1.17. The van der Waals surface area contributed by atoms with Gasteiger partial charge < -0.3 is 5.32 Å². The molecule has 1 fully saturated rings. The Morgan fingerprint density at radius 3 is 2.30 bits per heavy atom. The van der Waals surface area contributed by atoms with Crippen LogP contribution in [0.4, 0.5) is 0 Å². The summed E-state index contributed by atoms with van der Waals surface area (Å²) in [5.74, 6) is -0.164. The second-order valence-corrected chi connectivity index (χ2v) is 9.27. The zero-order valence-electron chi connectivity index (χ0n) is 15.4. The number of carbonyl (C=O) groups excluding carboxylic acids is 1. The molecule has 1 heterocycles. The molecule has 3 rings (SSSR count). The van der Waals surface area contributed by atoms with Crippen LogP contribution in [0.25, 0.3) is 0 Å². The fourth-order valence-corrected chi connectivity index (χ4v) is 5.14. The van der Waals surface area contributed by atoms with E-state index in [9.17, 15) is 13.2 Å². The van der Waals surface area contributed by atoms with Crippen LogP contribution in [0.3, 0.4) is 0 Å². The Hall–Kier alpha value is -1.89. The fraction of sp³-hybridized carbons (Fsp3) is 0.350. The summed E-state index contributed by atoms with van der Waals surface area (Å²) in [5, 5.41) is 3.56. The third-order valence-corrected chi connectivity index (χ3v) is 7.15. The summed E-state index contributed by atoms with van der Waals surface area (Å²) >= 11 is 5.84. The molecule has 0 saturated carbocycles. The Balaban J connectivity index is 1.62. The molecule has 1 N–H and O–H groups in total. The summed E-state index contributed by atoms with van der Waals surface area (Å²) in [7, 11) is -3.51. The molecular formula is C20H23ClN2O3S. The lowest BCUT2D eigenvalue weighted by molar-refractivity contribution is 0.0924. The average molecular weight is 407 g/mol. The second kappa shape index (κ2) is 8.00. The molecule has 144 valence electrons. The molecule has 0 aliphatic carbocycles. The highest BCUT2D eigenvalue weighted by atomic mass is 35.5. The molecule has 0 radical (unpaired) electrons. The van der Waals surface area contributed by atoms with Crippen molar-refractivity contribution in [2.45, 2.75) is 37.6 Å². The van der Waals surface area contributed by atoms with Gasteiger partial charge in [-0.05, 0) is 62.6 Å². The van der Waals surface area contributed by atoms with Gasteiger partial charge in [-0.25, -0.2) is 8.42 Å². The quantitative estimate of drug-likeness (QED) is 0.844. The molecule has 0 bridgehead atoms. The largest absolute Gasteiger partial charge is 0.349 e. The third-order valence-electron chi connectivity index (χ3n) is 4.84. The average Bonchev–Trinajstić information content (AvgIpc) is 2.62. The maximum absolute atomic E-state index is 12.9. The van der Waals surface area contributed by atoms with Gasteiger partial charge in [0.25, 0.3) is 5.91 Å². The number of nitrogens with one attached hydrogen (secondary N) is 1. The number of nitrogens with zero attached hydrogens (tertiary/aromatic N) is 1. The topological polar surface area (TPSA) is 66.5 Å². The second-order valence-electron chi connectivity index (χ2n) is 6.93. The Kier molecular flexibility index (Phi) is 5.89. The lowest BCUT2D eigenvalue weighted by Gasteiger charge is -2.32. The first-order valence-corrected chi connectivity index (χ1v) is 10.7. The predicted octanol–water partition coefficient (Wildman–Crippen LogP) is 3.54. The van der Waals surface area contributed by atoms with Gasteiger partial charge in [0.05, 0.1) is 4.90 Å². The van der Waals surface area contributed by atoms with Gasteiger partial charge in [-0.1, -0.05) is 29.3 Å². The van der Waals surface area contributed by atoms with Gasteiger partial charge in [-0.2, -0.15) is 4.31 Å². The van der Waals surface area contributed by atoms with Gasteiger partial charge in [0.15, 0.2) is 0 Å². The monoisotopic (exact) mass is 406 g/mol. The number of carbonyl (C=O) groups is 1. The van der Waals surface area contributed by atoms with Gasteiger partial charge in [0.2, 0.25) is 10.0 Å². The molecule has 0 aromatic heterocycles. The van der Waals surface area contributed by atoms with E-state index in [-0.39, 0.29) is 11.9 Å². The maximum Gasteiger partial charge on any atom is 0.251 e. The highest BCUT2D eigenvalue weighted by Crippen LogP contribution is 2.24. The predicted molar refractivity (Wildman–Crippen MR) is 107 cm³/mol. The van der Waals surface area contributed by atoms with E-state index in [1.807, 2.05) is 26.0 Å². The minimum absolute atomic E-state index is 0.0428. The van der Waals surface area contributed by atoms with Gasteiger partial charge in [-0.3, -0.25) is 4.79 Å². The number of hydrogen-bond donors (Lipinski definition) is 1. The molecule has 0 unspecified atom stereocenters. The number of amides is 1. The number of piperidine rings is 1. The number of aryl methyl sites for hydroxylation is 2. The van der Waals surface area contributed by atoms with Crippen molar-refractivity contribution in [3.63, 3.8) is 0 Å². The van der Waals surface area contributed by atoms with Gasteiger partial charge >= 0.3 is 0 Å². The molecule has 27 heavy (non-hydrogen) atoms. The van der Waals surface area contributed by atoms with Crippen molar-refractivity contribution in [1.29, 1.82) is 0 Å². The van der Waals surface area contributed by atoms with Gasteiger partial charge in [-0.15, -0.1) is 0 Å². The SMILES string of the molecule is Cc1ccc(S(=O)(=O)N2CCC(NC(=O)c3ccc(Cl)cc3)CC2)c(C)c1. The van der Waals surface area contributed by atoms with Crippen molar-refractivity contribution < 1.29 is 13.2 Å². The van der Waals surface area contributed by atoms with Crippen LogP contribution >= 0.6 is 11.6 Å². The summed E-state index contributed by atoms with van der Waals surface area (Å²) in [5.41, 5.74) is 2.34. The van der Waals surface area contributed by atoms with E-state index >= 15 is 0 Å². The standard InChI is InChI=1S/C20H23ClN2O3S/c1-14-3-8-19(15(2)13-14)27(25,26)23-11-9-18(10-12-23)22-20(24)16-4-6-17(21)7-5-16/h3-8,13,18H,9-12H2,1-2H3,(H,22,24). The maximum atomic E-state index is 12.9. The molecule has 0 spiro atoms. The highest BCUT2D eigenvalue weighted by Gasteiger charge is 2.30. The smallest absolute Gasteiger partial charge is 0.251 e. The van der Waals surface area contributed by atoms with E-state index in [1.165, 1.54) is 4.31 Å². The van der Waals surface area contributed by atoms with Crippen LogP contribution < -0.4 is 5.32 Å². The molecule has 7 heteroatoms. The minimum Gasteiger partial charge on any atom is -0.349 e. The Morgan fingerprint density at radius 2 is 1.70 bits per heavy atom. The lowest BCUT2D eigenvalue weighted by atomic mass is 10.1. The third kappa shape index (κ3) is 4.51. The summed E-state index contributed by atoms with van der Waals surface area (Å²) in [6.45, 7) is 4.54. The molecule has 1 amide bonds. The molecule has 2 aromatic carbocycles. The van der Waals surface area contributed by atoms with E-state index in [0.717, 1.165) is 11.1 Å². The van der Waals surface area contributed by atoms with Crippen molar-refractivity contribution in [1.82, 2.24) is 9.62 Å². The zero-order valence-corrected chi connectivity index (χ0v) is 17.0. The molecule has 2 aromatic rings. The molecule has 1 aliphatic heterocycles. The van der Waals surface area contributed by atoms with E-state index in [4.69, 9.17) is 11.6 Å². The first-order valence-electron chi connectivity index (χ1n) is 8.91. The van der Waals surface area contributed by atoms with Gasteiger partial charge in [0, 0.05) is 29.7 Å². The van der Waals surface area contributed by atoms with Crippen LogP contribution in [0.1, 0.15) is 34.3 Å². The van der Waals surface area contributed by atoms with E-state index in [2.05, 4.69) is 5.32 Å². The van der Waals surface area contributed by atoms with E-state index < -0.39 is 10.0 Å². The molecule has 1 aliphatic rings. The highest BCUT2D eigenvalue weighted by molar-refractivity contribution is 7.89. The Bertz CT molecular complexity index is 934. The first-order chi connectivity index (χ1) is 12.8. The van der Waals surface area contributed by atoms with Crippen molar-refractivity contribution in [2.75, 3.05) is 13.1 Å². The minimum atomic E-state index is -3.51. The fourth-order valence-electron chi connectivity index (χ4n) is 3.34. The molecule has 5 nitrogen and oxygen atoms in total. The van der Waals surface area contributed by atoms with Crippen molar-refractivity contribution >= 4 is 27.5 Å². The lowest BCUT2D eigenvalue weighted by Crippen LogP contribution is -2.46. The van der Waals surface area contributed by atoms with Crippen LogP contribution in [0.15, 0.2) is 47.4 Å². The number of hydrogen-bond acceptors (Lipinski definition) is 3. The van der Waals surface area contributed by atoms with Crippen molar-refractivity contribution in [2.24, 2.45) is 0 Å². The van der Waals surface area contributed by atoms with Crippen LogP contribution in [-0.4, -0.2) is 37.8 Å². The van der Waals surface area contributed by atoms with Gasteiger partial charge in [0.1, 0.15) is 0 Å². The normalized spacial score (nSPS) is 16.3. The molecule has 1 saturated heterocycles. The number of rotatable bonds is 4. The Morgan fingerprint density at radius 1 is 1.07 bits per heavy atom. The summed E-state index contributed by atoms with van der Waals surface area (Å²) in [4.78, 5) is 12.7. The van der Waals surface area contributed by atoms with E-state index in [1.54, 1.807) is 30.3 Å². The zero-order chi connectivity index (χ0) is 19.6. The summed E-state index contributed by atoms with van der Waals surface area (Å²) < 4.78 is 27.4. The van der Waals surface area contributed by atoms with Crippen molar-refractivity contribution in [3.8, 4) is 0 Å².